The molecule has 0 aromatic rings. The average Bonchev–Trinajstić information content (AvgIpc) is 2.37. The minimum Gasteiger partial charge on any atom is -0.329 e. The van der Waals surface area contributed by atoms with Gasteiger partial charge in [0.15, 0.2) is 0 Å². The molecule has 1 aliphatic rings. The summed E-state index contributed by atoms with van der Waals surface area (Å²) < 4.78 is 0. The highest BCUT2D eigenvalue weighted by Gasteiger charge is 2.43. The summed E-state index contributed by atoms with van der Waals surface area (Å²) in [5, 5.41) is 0. The summed E-state index contributed by atoms with van der Waals surface area (Å²) in [5.41, 5.74) is 6.44. The van der Waals surface area contributed by atoms with Crippen LogP contribution in [0.3, 0.4) is 0 Å². The smallest absolute Gasteiger partial charge is 0.0359 e. The van der Waals surface area contributed by atoms with Crippen LogP contribution in [0.2, 0.25) is 0 Å². The summed E-state index contributed by atoms with van der Waals surface area (Å²) in [6, 6.07) is 0.633. The van der Waals surface area contributed by atoms with Crippen molar-refractivity contribution in [2.75, 3.05) is 25.6 Å². The van der Waals surface area contributed by atoms with Gasteiger partial charge in [0.1, 0.15) is 0 Å². The van der Waals surface area contributed by atoms with Gasteiger partial charge in [-0.2, -0.15) is 11.8 Å². The van der Waals surface area contributed by atoms with Gasteiger partial charge < -0.3 is 5.73 Å². The Hall–Kier alpha value is 0.270. The van der Waals surface area contributed by atoms with Crippen molar-refractivity contribution < 1.29 is 0 Å². The molecule has 1 aliphatic carbocycles. The van der Waals surface area contributed by atoms with Gasteiger partial charge in [-0.15, -0.1) is 0 Å². The van der Waals surface area contributed by atoms with Crippen LogP contribution in [0, 0.1) is 11.8 Å². The molecule has 0 spiro atoms. The van der Waals surface area contributed by atoms with Crippen molar-refractivity contribution in [2.24, 2.45) is 17.6 Å². The Bertz CT molecular complexity index is 247. The average molecular weight is 273 g/mol. The van der Waals surface area contributed by atoms with Crippen molar-refractivity contribution in [1.29, 1.82) is 0 Å². The molecule has 1 saturated carbocycles. The van der Waals surface area contributed by atoms with Gasteiger partial charge in [-0.25, -0.2) is 0 Å². The van der Waals surface area contributed by atoms with Crippen LogP contribution >= 0.6 is 11.8 Å². The molecule has 0 saturated heterocycles. The van der Waals surface area contributed by atoms with Crippen molar-refractivity contribution in [2.45, 2.75) is 58.0 Å². The molecule has 1 rings (SSSR count). The molecule has 4 unspecified atom stereocenters. The van der Waals surface area contributed by atoms with Gasteiger partial charge in [-0.3, -0.25) is 4.90 Å². The number of thioether (sulfide) groups is 1. The van der Waals surface area contributed by atoms with E-state index in [4.69, 9.17) is 5.73 Å². The van der Waals surface area contributed by atoms with Gasteiger partial charge >= 0.3 is 0 Å². The van der Waals surface area contributed by atoms with Gasteiger partial charge in [-0.1, -0.05) is 20.3 Å². The highest BCUT2D eigenvalue weighted by molar-refractivity contribution is 7.98. The van der Waals surface area contributed by atoms with E-state index in [1.807, 2.05) is 11.8 Å². The zero-order chi connectivity index (χ0) is 13.8. The van der Waals surface area contributed by atoms with E-state index in [0.717, 1.165) is 18.4 Å². The fourth-order valence-electron chi connectivity index (χ4n) is 3.55. The van der Waals surface area contributed by atoms with Gasteiger partial charge in [0.05, 0.1) is 0 Å². The van der Waals surface area contributed by atoms with E-state index in [1.54, 1.807) is 0 Å². The second-order valence-corrected chi connectivity index (χ2v) is 7.32. The number of nitrogens with zero attached hydrogens (tertiary/aromatic N) is 1. The van der Waals surface area contributed by atoms with Crippen molar-refractivity contribution in [3.63, 3.8) is 0 Å². The molecule has 18 heavy (non-hydrogen) atoms. The molecule has 0 amide bonds. The minimum atomic E-state index is 0.232. The first-order chi connectivity index (χ1) is 8.47. The quantitative estimate of drug-likeness (QED) is 0.805. The zero-order valence-corrected chi connectivity index (χ0v) is 13.7. The van der Waals surface area contributed by atoms with Crippen molar-refractivity contribution in [3.05, 3.63) is 0 Å². The van der Waals surface area contributed by atoms with E-state index in [0.29, 0.717) is 6.04 Å². The first kappa shape index (κ1) is 16.3. The summed E-state index contributed by atoms with van der Waals surface area (Å²) in [7, 11) is 2.30. The van der Waals surface area contributed by atoms with Gasteiger partial charge in [-0.05, 0) is 57.1 Å². The molecule has 0 heterocycles. The summed E-state index contributed by atoms with van der Waals surface area (Å²) in [5.74, 6) is 2.79. The van der Waals surface area contributed by atoms with Crippen molar-refractivity contribution >= 4 is 11.8 Å². The molecular weight excluding hydrogens is 240 g/mol. The Kier molecular flexibility index (Phi) is 6.49. The van der Waals surface area contributed by atoms with Gasteiger partial charge in [0.2, 0.25) is 0 Å². The summed E-state index contributed by atoms with van der Waals surface area (Å²) >= 11 is 1.94. The largest absolute Gasteiger partial charge is 0.329 e. The lowest BCUT2D eigenvalue weighted by molar-refractivity contribution is -0.00967. The van der Waals surface area contributed by atoms with Crippen LogP contribution in [0.5, 0.6) is 0 Å². The molecule has 0 aliphatic heterocycles. The number of hydrogen-bond donors (Lipinski definition) is 1. The third-order valence-corrected chi connectivity index (χ3v) is 5.81. The third kappa shape index (κ3) is 3.43. The van der Waals surface area contributed by atoms with E-state index in [2.05, 4.69) is 39.0 Å². The van der Waals surface area contributed by atoms with E-state index >= 15 is 0 Å². The SMILES string of the molecule is CSCCC(C)N(C)C1(CN)CC(C)CCC1C. The van der Waals surface area contributed by atoms with Crippen LogP contribution in [-0.2, 0) is 0 Å². The molecule has 1 fully saturated rings. The fourth-order valence-corrected chi connectivity index (χ4v) is 4.13. The maximum Gasteiger partial charge on any atom is 0.0359 e. The normalized spacial score (nSPS) is 34.8. The summed E-state index contributed by atoms with van der Waals surface area (Å²) in [4.78, 5) is 2.60. The van der Waals surface area contributed by atoms with Crippen LogP contribution < -0.4 is 5.73 Å². The maximum atomic E-state index is 6.21. The van der Waals surface area contributed by atoms with E-state index in [-0.39, 0.29) is 5.54 Å². The summed E-state index contributed by atoms with van der Waals surface area (Å²) in [6.07, 6.45) is 7.43. The Labute approximate surface area is 118 Å². The number of rotatable bonds is 6. The molecule has 2 N–H and O–H groups in total. The Morgan fingerprint density at radius 1 is 1.39 bits per heavy atom. The standard InChI is InChI=1S/C15H32N2S/c1-12-6-7-13(2)15(10-12,11-16)17(4)14(3)8-9-18-5/h12-14H,6-11,16H2,1-5H3. The van der Waals surface area contributed by atoms with Crippen molar-refractivity contribution in [1.82, 2.24) is 4.90 Å². The molecule has 0 radical (unpaired) electrons. The Balaban J connectivity index is 2.77. The zero-order valence-electron chi connectivity index (χ0n) is 12.9. The van der Waals surface area contributed by atoms with Crippen LogP contribution in [0.25, 0.3) is 0 Å². The van der Waals surface area contributed by atoms with Crippen LogP contribution in [-0.4, -0.2) is 42.1 Å². The van der Waals surface area contributed by atoms with Crippen LogP contribution in [0.15, 0.2) is 0 Å². The predicted molar refractivity (Wildman–Crippen MR) is 84.2 cm³/mol. The molecule has 0 aromatic carbocycles. The molecule has 0 bridgehead atoms. The minimum absolute atomic E-state index is 0.232. The maximum absolute atomic E-state index is 6.21. The molecule has 0 aromatic heterocycles. The first-order valence-corrected chi connectivity index (χ1v) is 8.79. The topological polar surface area (TPSA) is 29.3 Å². The highest BCUT2D eigenvalue weighted by atomic mass is 32.2. The molecular formula is C15H32N2S. The van der Waals surface area contributed by atoms with Crippen molar-refractivity contribution in [3.8, 4) is 0 Å². The van der Waals surface area contributed by atoms with Crippen LogP contribution in [0.1, 0.15) is 46.5 Å². The second-order valence-electron chi connectivity index (χ2n) is 6.34. The van der Waals surface area contributed by atoms with Gasteiger partial charge in [0, 0.05) is 18.1 Å². The van der Waals surface area contributed by atoms with Gasteiger partial charge in [0.25, 0.3) is 0 Å². The lowest BCUT2D eigenvalue weighted by Crippen LogP contribution is -2.61. The number of likely N-dealkylation sites (N-methyl/N-ethyl adjacent to an activating group) is 1. The summed E-state index contributed by atoms with van der Waals surface area (Å²) in [6.45, 7) is 7.95. The van der Waals surface area contributed by atoms with E-state index in [1.165, 1.54) is 31.4 Å². The number of nitrogens with two attached hydrogens (primary N) is 1. The molecule has 108 valence electrons. The molecule has 4 atom stereocenters. The lowest BCUT2D eigenvalue weighted by atomic mass is 9.68. The number of hydrogen-bond acceptors (Lipinski definition) is 3. The fraction of sp³-hybridized carbons (Fsp3) is 1.00. The predicted octanol–water partition coefficient (Wildman–Crippen LogP) is 3.21. The Morgan fingerprint density at radius 2 is 2.06 bits per heavy atom. The van der Waals surface area contributed by atoms with Crippen LogP contribution in [0.4, 0.5) is 0 Å². The lowest BCUT2D eigenvalue weighted by Gasteiger charge is -2.52. The second kappa shape index (κ2) is 7.16. The first-order valence-electron chi connectivity index (χ1n) is 7.40. The highest BCUT2D eigenvalue weighted by Crippen LogP contribution is 2.41. The molecule has 3 heteroatoms. The van der Waals surface area contributed by atoms with E-state index < -0.39 is 0 Å². The van der Waals surface area contributed by atoms with E-state index in [9.17, 15) is 0 Å². The third-order valence-electron chi connectivity index (χ3n) is 5.17. The monoisotopic (exact) mass is 272 g/mol. The Morgan fingerprint density at radius 3 is 2.61 bits per heavy atom. The molecule has 2 nitrogen and oxygen atoms in total.